The van der Waals surface area contributed by atoms with Gasteiger partial charge in [0.05, 0.1) is 12.8 Å². The monoisotopic (exact) mass is 444 g/mol. The fourth-order valence-electron chi connectivity index (χ4n) is 3.27. The van der Waals surface area contributed by atoms with Gasteiger partial charge < -0.3 is 9.47 Å². The Labute approximate surface area is 196 Å². The van der Waals surface area contributed by atoms with Gasteiger partial charge in [0.1, 0.15) is 18.1 Å². The second-order valence-electron chi connectivity index (χ2n) is 7.80. The zero-order valence-electron chi connectivity index (χ0n) is 19.2. The lowest BCUT2D eigenvalue weighted by atomic mass is 10.2. The number of carbonyl (C=O) groups is 1. The first-order valence-electron chi connectivity index (χ1n) is 11.6. The Balaban J connectivity index is 1.46. The van der Waals surface area contributed by atoms with Crippen LogP contribution in [0.1, 0.15) is 60.5 Å². The van der Waals surface area contributed by atoms with Crippen LogP contribution >= 0.6 is 0 Å². The number of benzene rings is 3. The summed E-state index contributed by atoms with van der Waals surface area (Å²) in [6.45, 7) is 3.37. The van der Waals surface area contributed by atoms with Gasteiger partial charge in [-0.1, -0.05) is 75.1 Å². The molecule has 5 nitrogen and oxygen atoms in total. The Morgan fingerprint density at radius 1 is 0.848 bits per heavy atom. The van der Waals surface area contributed by atoms with E-state index in [1.54, 1.807) is 30.5 Å². The Kier molecular flexibility index (Phi) is 10.0. The molecule has 0 atom stereocenters. The van der Waals surface area contributed by atoms with Gasteiger partial charge in [-0.15, -0.1) is 0 Å². The highest BCUT2D eigenvalue weighted by Gasteiger charge is 2.05. The number of hydrogen-bond acceptors (Lipinski definition) is 4. The average Bonchev–Trinajstić information content (AvgIpc) is 2.86. The largest absolute Gasteiger partial charge is 0.493 e. The molecule has 5 heteroatoms. The van der Waals surface area contributed by atoms with E-state index < -0.39 is 0 Å². The molecule has 0 saturated heterocycles. The van der Waals surface area contributed by atoms with Crippen LogP contribution in [0.5, 0.6) is 11.5 Å². The number of nitrogens with zero attached hydrogens (tertiary/aromatic N) is 1. The summed E-state index contributed by atoms with van der Waals surface area (Å²) < 4.78 is 11.7. The maximum atomic E-state index is 12.4. The molecule has 0 radical (unpaired) electrons. The van der Waals surface area contributed by atoms with E-state index in [0.29, 0.717) is 24.5 Å². The van der Waals surface area contributed by atoms with Crippen molar-refractivity contribution in [1.82, 2.24) is 5.43 Å². The molecule has 0 aliphatic heterocycles. The van der Waals surface area contributed by atoms with E-state index in [-0.39, 0.29) is 5.91 Å². The summed E-state index contributed by atoms with van der Waals surface area (Å²) in [5.41, 5.74) is 5.01. The molecular formula is C28H32N2O3. The first-order valence-corrected chi connectivity index (χ1v) is 11.6. The van der Waals surface area contributed by atoms with Crippen LogP contribution in [0.25, 0.3) is 0 Å². The second-order valence-corrected chi connectivity index (χ2v) is 7.80. The number of unbranched alkanes of at least 4 members (excludes halogenated alkanes) is 4. The lowest BCUT2D eigenvalue weighted by Gasteiger charge is -2.09. The van der Waals surface area contributed by atoms with E-state index >= 15 is 0 Å². The highest BCUT2D eigenvalue weighted by Crippen LogP contribution is 2.17. The molecule has 1 amide bonds. The summed E-state index contributed by atoms with van der Waals surface area (Å²) in [4.78, 5) is 12.4. The lowest BCUT2D eigenvalue weighted by Crippen LogP contribution is -2.17. The highest BCUT2D eigenvalue weighted by molar-refractivity contribution is 5.95. The third-order valence-electron chi connectivity index (χ3n) is 5.16. The molecule has 0 spiro atoms. The standard InChI is InChI=1S/C28H32N2O3/c1-2-3-4-5-11-20-32-27-15-10-9-14-25(27)21-29-30-28(31)24-16-18-26(19-17-24)33-22-23-12-7-6-8-13-23/h6-10,12-19,21H,2-5,11,20,22H2,1H3,(H,30,31)/b29-21-. The SMILES string of the molecule is CCCCCCCOc1ccccc1/C=N\NC(=O)c1ccc(OCc2ccccc2)cc1. The van der Waals surface area contributed by atoms with Crippen molar-refractivity contribution in [3.8, 4) is 11.5 Å². The van der Waals surface area contributed by atoms with Gasteiger partial charge in [0.15, 0.2) is 0 Å². The number of para-hydroxylation sites is 1. The van der Waals surface area contributed by atoms with Crippen LogP contribution < -0.4 is 14.9 Å². The number of amides is 1. The van der Waals surface area contributed by atoms with Crippen LogP contribution in [0.2, 0.25) is 0 Å². The van der Waals surface area contributed by atoms with Crippen LogP contribution in [0.3, 0.4) is 0 Å². The van der Waals surface area contributed by atoms with Crippen LogP contribution in [0.4, 0.5) is 0 Å². The number of ether oxygens (including phenoxy) is 2. The summed E-state index contributed by atoms with van der Waals surface area (Å²) in [6, 6.07) is 24.7. The van der Waals surface area contributed by atoms with Gasteiger partial charge in [-0.2, -0.15) is 5.10 Å². The summed E-state index contributed by atoms with van der Waals surface area (Å²) in [6.07, 6.45) is 7.57. The predicted molar refractivity (Wildman–Crippen MR) is 133 cm³/mol. The summed E-state index contributed by atoms with van der Waals surface area (Å²) in [7, 11) is 0. The second kappa shape index (κ2) is 13.7. The number of hydrogen-bond donors (Lipinski definition) is 1. The number of hydrazone groups is 1. The maximum absolute atomic E-state index is 12.4. The third kappa shape index (κ3) is 8.45. The summed E-state index contributed by atoms with van der Waals surface area (Å²) in [5.74, 6) is 1.20. The molecule has 0 aliphatic rings. The molecule has 3 aromatic carbocycles. The molecule has 0 saturated carbocycles. The minimum atomic E-state index is -0.282. The Hall–Kier alpha value is -3.60. The van der Waals surface area contributed by atoms with Crippen molar-refractivity contribution in [2.75, 3.05) is 6.61 Å². The highest BCUT2D eigenvalue weighted by atomic mass is 16.5. The van der Waals surface area contributed by atoms with E-state index in [4.69, 9.17) is 9.47 Å². The van der Waals surface area contributed by atoms with Crippen molar-refractivity contribution >= 4 is 12.1 Å². The van der Waals surface area contributed by atoms with E-state index in [2.05, 4.69) is 17.5 Å². The Morgan fingerprint density at radius 2 is 1.58 bits per heavy atom. The van der Waals surface area contributed by atoms with Crippen molar-refractivity contribution in [3.05, 3.63) is 95.6 Å². The molecule has 0 unspecified atom stereocenters. The van der Waals surface area contributed by atoms with Gasteiger partial charge in [-0.05, 0) is 48.4 Å². The zero-order valence-corrected chi connectivity index (χ0v) is 19.2. The molecule has 172 valence electrons. The molecule has 1 N–H and O–H groups in total. The lowest BCUT2D eigenvalue weighted by molar-refractivity contribution is 0.0955. The molecule has 33 heavy (non-hydrogen) atoms. The van der Waals surface area contributed by atoms with Crippen molar-refractivity contribution in [2.24, 2.45) is 5.10 Å². The summed E-state index contributed by atoms with van der Waals surface area (Å²) >= 11 is 0. The number of rotatable bonds is 13. The van der Waals surface area contributed by atoms with Gasteiger partial charge in [-0.25, -0.2) is 5.43 Å². The molecule has 0 aliphatic carbocycles. The molecule has 0 bridgehead atoms. The minimum Gasteiger partial charge on any atom is -0.493 e. The zero-order chi connectivity index (χ0) is 23.1. The predicted octanol–water partition coefficient (Wildman–Crippen LogP) is 6.38. The minimum absolute atomic E-state index is 0.282. The van der Waals surface area contributed by atoms with Gasteiger partial charge >= 0.3 is 0 Å². The fraction of sp³-hybridized carbons (Fsp3) is 0.286. The summed E-state index contributed by atoms with van der Waals surface area (Å²) in [5, 5.41) is 4.11. The first-order chi connectivity index (χ1) is 16.3. The van der Waals surface area contributed by atoms with Crippen LogP contribution in [0, 0.1) is 0 Å². The molecule has 3 rings (SSSR count). The molecule has 0 fully saturated rings. The van der Waals surface area contributed by atoms with E-state index in [1.165, 1.54) is 25.7 Å². The van der Waals surface area contributed by atoms with Gasteiger partial charge in [-0.3, -0.25) is 4.79 Å². The normalized spacial score (nSPS) is 10.8. The van der Waals surface area contributed by atoms with Crippen LogP contribution in [-0.2, 0) is 6.61 Å². The van der Waals surface area contributed by atoms with Crippen LogP contribution in [-0.4, -0.2) is 18.7 Å². The Morgan fingerprint density at radius 3 is 2.36 bits per heavy atom. The van der Waals surface area contributed by atoms with Crippen molar-refractivity contribution in [2.45, 2.75) is 45.6 Å². The van der Waals surface area contributed by atoms with Crippen LogP contribution in [0.15, 0.2) is 84.0 Å². The van der Waals surface area contributed by atoms with Gasteiger partial charge in [0.25, 0.3) is 5.91 Å². The van der Waals surface area contributed by atoms with Crippen molar-refractivity contribution in [1.29, 1.82) is 0 Å². The molecule has 0 heterocycles. The quantitative estimate of drug-likeness (QED) is 0.189. The Bertz CT molecular complexity index is 1000. The molecule has 3 aromatic rings. The molecule has 0 aromatic heterocycles. The topological polar surface area (TPSA) is 59.9 Å². The first kappa shape index (κ1) is 24.1. The smallest absolute Gasteiger partial charge is 0.271 e. The number of carbonyl (C=O) groups excluding carboxylic acids is 1. The van der Waals surface area contributed by atoms with Gasteiger partial charge in [0, 0.05) is 11.1 Å². The fourth-order valence-corrected chi connectivity index (χ4v) is 3.27. The van der Waals surface area contributed by atoms with Crippen molar-refractivity contribution in [3.63, 3.8) is 0 Å². The van der Waals surface area contributed by atoms with E-state index in [1.807, 2.05) is 54.6 Å². The van der Waals surface area contributed by atoms with E-state index in [9.17, 15) is 4.79 Å². The molecular weight excluding hydrogens is 412 g/mol. The third-order valence-corrected chi connectivity index (χ3v) is 5.16. The van der Waals surface area contributed by atoms with Gasteiger partial charge in [0.2, 0.25) is 0 Å². The average molecular weight is 445 g/mol. The number of nitrogens with one attached hydrogen (secondary N) is 1. The van der Waals surface area contributed by atoms with E-state index in [0.717, 1.165) is 23.3 Å². The van der Waals surface area contributed by atoms with Crippen molar-refractivity contribution < 1.29 is 14.3 Å². The maximum Gasteiger partial charge on any atom is 0.271 e.